The second-order valence-electron chi connectivity index (χ2n) is 5.29. The number of nitrogens with zero attached hydrogens (tertiary/aromatic N) is 2. The van der Waals surface area contributed by atoms with Crippen LogP contribution in [0.25, 0.3) is 0 Å². The first kappa shape index (κ1) is 17.3. The number of rotatable bonds is 6. The van der Waals surface area contributed by atoms with E-state index in [-0.39, 0.29) is 18.3 Å². The number of aromatic nitrogens is 2. The fourth-order valence-electron chi connectivity index (χ4n) is 2.29. The van der Waals surface area contributed by atoms with E-state index in [1.165, 1.54) is 23.1 Å². The van der Waals surface area contributed by atoms with Gasteiger partial charge in [0.05, 0.1) is 5.75 Å². The summed E-state index contributed by atoms with van der Waals surface area (Å²) in [5, 5.41) is 12.1. The molecule has 0 saturated heterocycles. The molecule has 4 rings (SSSR count). The van der Waals surface area contributed by atoms with Gasteiger partial charge < -0.3 is 14.8 Å². The van der Waals surface area contributed by atoms with E-state index >= 15 is 0 Å². The van der Waals surface area contributed by atoms with Crippen LogP contribution in [0.2, 0.25) is 0 Å². The number of benzene rings is 2. The van der Waals surface area contributed by atoms with Crippen molar-refractivity contribution < 1.29 is 14.3 Å². The average Bonchev–Trinajstić information content (AvgIpc) is 3.28. The molecule has 0 fully saturated rings. The molecule has 1 aliphatic heterocycles. The molecule has 0 amide bonds. The zero-order chi connectivity index (χ0) is 17.9. The Balaban J connectivity index is 1.36. The molecule has 132 valence electrons. The number of carbonyl (C=O) groups excluding carboxylic acids is 1. The number of fused-ring (bicyclic) bond motifs is 1. The van der Waals surface area contributed by atoms with Crippen LogP contribution in [0, 0.1) is 0 Å². The lowest BCUT2D eigenvalue weighted by molar-refractivity contribution is 0.102. The number of ketones is 1. The van der Waals surface area contributed by atoms with Gasteiger partial charge in [-0.2, -0.15) is 0 Å². The molecule has 0 bridgehead atoms. The van der Waals surface area contributed by atoms with Crippen LogP contribution < -0.4 is 14.8 Å². The lowest BCUT2D eigenvalue weighted by atomic mass is 10.1. The van der Waals surface area contributed by atoms with Crippen molar-refractivity contribution in [3.63, 3.8) is 0 Å². The molecular weight excluding hydrogens is 438 g/mol. The number of Topliss-reactive ketones (excluding diaryl/α,β-unsaturated/α-hetero) is 1. The van der Waals surface area contributed by atoms with Gasteiger partial charge in [-0.15, -0.1) is 10.2 Å². The highest BCUT2D eigenvalue weighted by Crippen LogP contribution is 2.33. The van der Waals surface area contributed by atoms with E-state index in [4.69, 9.17) is 9.47 Å². The largest absolute Gasteiger partial charge is 0.454 e. The zero-order valence-corrected chi connectivity index (χ0v) is 16.5. The Bertz CT molecular complexity index is 964. The van der Waals surface area contributed by atoms with Gasteiger partial charge >= 0.3 is 0 Å². The van der Waals surface area contributed by atoms with Gasteiger partial charge in [-0.3, -0.25) is 4.79 Å². The molecule has 2 heterocycles. The van der Waals surface area contributed by atoms with E-state index in [0.717, 1.165) is 14.5 Å². The number of hydrogen-bond acceptors (Lipinski definition) is 8. The third-order valence-corrected chi connectivity index (χ3v) is 5.97. The van der Waals surface area contributed by atoms with Crippen molar-refractivity contribution in [2.24, 2.45) is 0 Å². The standard InChI is InChI=1S/C17H12BrN3O3S2/c18-11-2-1-3-12(7-11)19-16-20-21-17(26-16)25-8-13(22)10-4-5-14-15(6-10)24-9-23-14/h1-7H,8-9H2,(H,19,20). The number of nitrogens with one attached hydrogen (secondary N) is 1. The van der Waals surface area contributed by atoms with Crippen molar-refractivity contribution in [1.82, 2.24) is 10.2 Å². The molecule has 1 N–H and O–H groups in total. The minimum Gasteiger partial charge on any atom is -0.454 e. The molecule has 0 aliphatic carbocycles. The van der Waals surface area contributed by atoms with Gasteiger partial charge in [0.2, 0.25) is 11.9 Å². The molecule has 0 saturated carbocycles. The van der Waals surface area contributed by atoms with E-state index < -0.39 is 0 Å². The highest BCUT2D eigenvalue weighted by atomic mass is 79.9. The summed E-state index contributed by atoms with van der Waals surface area (Å²) in [5.74, 6) is 1.56. The molecular formula is C17H12BrN3O3S2. The highest BCUT2D eigenvalue weighted by Gasteiger charge is 2.17. The Labute approximate surface area is 166 Å². The molecule has 0 atom stereocenters. The number of halogens is 1. The summed E-state index contributed by atoms with van der Waals surface area (Å²) in [5.41, 5.74) is 1.52. The van der Waals surface area contributed by atoms with Crippen LogP contribution in [0.5, 0.6) is 11.5 Å². The summed E-state index contributed by atoms with van der Waals surface area (Å²) < 4.78 is 12.3. The molecule has 26 heavy (non-hydrogen) atoms. The summed E-state index contributed by atoms with van der Waals surface area (Å²) >= 11 is 6.20. The maximum Gasteiger partial charge on any atom is 0.231 e. The van der Waals surface area contributed by atoms with Crippen molar-refractivity contribution in [3.8, 4) is 11.5 Å². The molecule has 0 unspecified atom stereocenters. The molecule has 0 spiro atoms. The Morgan fingerprint density at radius 1 is 1.19 bits per heavy atom. The molecule has 6 nitrogen and oxygen atoms in total. The van der Waals surface area contributed by atoms with Crippen LogP contribution in [-0.2, 0) is 0 Å². The summed E-state index contributed by atoms with van der Waals surface area (Å²) in [4.78, 5) is 12.4. The molecule has 9 heteroatoms. The van der Waals surface area contributed by atoms with Gasteiger partial charge in [-0.1, -0.05) is 45.1 Å². The van der Waals surface area contributed by atoms with E-state index in [0.29, 0.717) is 22.2 Å². The molecule has 2 aromatic carbocycles. The number of ether oxygens (including phenoxy) is 2. The van der Waals surface area contributed by atoms with Gasteiger partial charge in [-0.25, -0.2) is 0 Å². The smallest absolute Gasteiger partial charge is 0.231 e. The maximum absolute atomic E-state index is 12.4. The van der Waals surface area contributed by atoms with Crippen LogP contribution in [0.1, 0.15) is 10.4 Å². The maximum atomic E-state index is 12.4. The summed E-state index contributed by atoms with van der Waals surface area (Å²) in [6.07, 6.45) is 0. The van der Waals surface area contributed by atoms with E-state index in [1.807, 2.05) is 24.3 Å². The second-order valence-corrected chi connectivity index (χ2v) is 8.40. The van der Waals surface area contributed by atoms with E-state index in [1.54, 1.807) is 18.2 Å². The number of anilines is 2. The Morgan fingerprint density at radius 3 is 2.96 bits per heavy atom. The topological polar surface area (TPSA) is 73.3 Å². The molecule has 1 aromatic heterocycles. The summed E-state index contributed by atoms with van der Waals surface area (Å²) in [6.45, 7) is 0.195. The molecule has 3 aromatic rings. The minimum absolute atomic E-state index is 0.00463. The van der Waals surface area contributed by atoms with Gasteiger partial charge in [-0.05, 0) is 36.4 Å². The first-order valence-electron chi connectivity index (χ1n) is 7.59. The van der Waals surface area contributed by atoms with Gasteiger partial charge in [0, 0.05) is 15.7 Å². The van der Waals surface area contributed by atoms with Crippen molar-refractivity contribution in [2.45, 2.75) is 4.34 Å². The van der Waals surface area contributed by atoms with Gasteiger partial charge in [0.1, 0.15) is 0 Å². The van der Waals surface area contributed by atoms with E-state index in [9.17, 15) is 4.79 Å². The monoisotopic (exact) mass is 449 g/mol. The quantitative estimate of drug-likeness (QED) is 0.429. The third-order valence-electron chi connectivity index (χ3n) is 3.50. The Morgan fingerprint density at radius 2 is 2.08 bits per heavy atom. The van der Waals surface area contributed by atoms with Crippen LogP contribution >= 0.6 is 39.0 Å². The van der Waals surface area contributed by atoms with Crippen LogP contribution in [0.4, 0.5) is 10.8 Å². The Hall–Kier alpha value is -2.10. The molecule has 1 aliphatic rings. The van der Waals surface area contributed by atoms with Crippen molar-refractivity contribution in [3.05, 3.63) is 52.5 Å². The first-order chi connectivity index (χ1) is 12.7. The Kier molecular flexibility index (Phi) is 5.09. The fraction of sp³-hybridized carbons (Fsp3) is 0.118. The summed E-state index contributed by atoms with van der Waals surface area (Å²) in [6, 6.07) is 13.0. The second kappa shape index (κ2) is 7.65. The first-order valence-corrected chi connectivity index (χ1v) is 10.2. The van der Waals surface area contributed by atoms with Crippen molar-refractivity contribution in [1.29, 1.82) is 0 Å². The lowest BCUT2D eigenvalue weighted by Gasteiger charge is -2.02. The number of carbonyl (C=O) groups is 1. The minimum atomic E-state index is 0.00463. The zero-order valence-electron chi connectivity index (χ0n) is 13.3. The number of hydrogen-bond donors (Lipinski definition) is 1. The SMILES string of the molecule is O=C(CSc1nnc(Nc2cccc(Br)c2)s1)c1ccc2c(c1)OCO2. The van der Waals surface area contributed by atoms with E-state index in [2.05, 4.69) is 31.4 Å². The predicted molar refractivity (Wildman–Crippen MR) is 105 cm³/mol. The van der Waals surface area contributed by atoms with Crippen LogP contribution in [0.3, 0.4) is 0 Å². The van der Waals surface area contributed by atoms with Crippen molar-refractivity contribution >= 4 is 55.6 Å². The van der Waals surface area contributed by atoms with Gasteiger partial charge in [0.25, 0.3) is 0 Å². The fourth-order valence-corrected chi connectivity index (χ4v) is 4.35. The third kappa shape index (κ3) is 4.00. The number of thioether (sulfide) groups is 1. The lowest BCUT2D eigenvalue weighted by Crippen LogP contribution is -2.02. The van der Waals surface area contributed by atoms with Crippen LogP contribution in [-0.4, -0.2) is 28.5 Å². The van der Waals surface area contributed by atoms with Crippen LogP contribution in [0.15, 0.2) is 51.3 Å². The highest BCUT2D eigenvalue weighted by molar-refractivity contribution is 9.10. The predicted octanol–water partition coefficient (Wildman–Crippen LogP) is 4.75. The van der Waals surface area contributed by atoms with Gasteiger partial charge in [0.15, 0.2) is 21.6 Å². The average molecular weight is 450 g/mol. The molecule has 0 radical (unpaired) electrons. The van der Waals surface area contributed by atoms with Crippen molar-refractivity contribution in [2.75, 3.05) is 17.9 Å². The normalized spacial score (nSPS) is 12.2. The summed E-state index contributed by atoms with van der Waals surface area (Å²) in [7, 11) is 0.